The molecule has 0 unspecified atom stereocenters. The Bertz CT molecular complexity index is 1430. The van der Waals surface area contributed by atoms with Gasteiger partial charge in [0.25, 0.3) is 0 Å². The van der Waals surface area contributed by atoms with E-state index in [-0.39, 0.29) is 31.4 Å². The number of hydrogen-bond donors (Lipinski definition) is 1. The molecule has 0 fully saturated rings. The number of esters is 1. The van der Waals surface area contributed by atoms with Crippen molar-refractivity contribution in [3.05, 3.63) is 74.9 Å². The number of ether oxygens (including phenoxy) is 3. The van der Waals surface area contributed by atoms with Crippen LogP contribution < -0.4 is 9.47 Å². The summed E-state index contributed by atoms with van der Waals surface area (Å²) in [5.41, 5.74) is 2.87. The largest absolute Gasteiger partial charge is 0.508 e. The molecule has 0 saturated heterocycles. The molecule has 1 aromatic heterocycles. The fraction of sp³-hybridized carbons (Fsp3) is 0.160. The predicted molar refractivity (Wildman–Crippen MR) is 132 cm³/mol. The first kappa shape index (κ1) is 22.7. The lowest BCUT2D eigenvalue weighted by Crippen LogP contribution is -2.14. The molecule has 4 aromatic rings. The Balaban J connectivity index is 1.79. The van der Waals surface area contributed by atoms with Gasteiger partial charge in [-0.3, -0.25) is 0 Å². The zero-order valence-corrected chi connectivity index (χ0v) is 20.2. The van der Waals surface area contributed by atoms with Crippen LogP contribution in [0.5, 0.6) is 17.2 Å². The van der Waals surface area contributed by atoms with Crippen molar-refractivity contribution >= 4 is 51.7 Å². The van der Waals surface area contributed by atoms with E-state index in [0.29, 0.717) is 48.6 Å². The van der Waals surface area contributed by atoms with Gasteiger partial charge in [-0.25, -0.2) is 4.79 Å². The second kappa shape index (κ2) is 8.95. The summed E-state index contributed by atoms with van der Waals surface area (Å²) in [6, 6.07) is 13.4. The maximum Gasteiger partial charge on any atom is 0.355 e. The van der Waals surface area contributed by atoms with Gasteiger partial charge >= 0.3 is 5.97 Å². The number of carbonyl (C=O) groups is 1. The summed E-state index contributed by atoms with van der Waals surface area (Å²) in [7, 11) is 0. The Hall–Kier alpha value is -3.06. The molecule has 34 heavy (non-hydrogen) atoms. The molecule has 174 valence electrons. The average Bonchev–Trinajstić information content (AvgIpc) is 3.35. The van der Waals surface area contributed by atoms with E-state index >= 15 is 0 Å². The Labute approximate surface area is 210 Å². The van der Waals surface area contributed by atoms with Crippen LogP contribution in [0, 0.1) is 0 Å². The molecule has 9 heteroatoms. The fourth-order valence-electron chi connectivity index (χ4n) is 4.16. The Kier molecular flexibility index (Phi) is 5.98. The number of aromatic nitrogens is 1. The number of benzene rings is 3. The van der Waals surface area contributed by atoms with Crippen LogP contribution in [0.1, 0.15) is 23.0 Å². The van der Waals surface area contributed by atoms with Gasteiger partial charge in [0.2, 0.25) is 6.79 Å². The first-order valence-electron chi connectivity index (χ1n) is 10.4. The molecular formula is C25H18Cl3NO5. The van der Waals surface area contributed by atoms with E-state index in [9.17, 15) is 9.90 Å². The molecule has 1 N–H and O–H groups in total. The molecule has 5 rings (SSSR count). The number of hydrogen-bond acceptors (Lipinski definition) is 5. The van der Waals surface area contributed by atoms with Crippen LogP contribution in [0.25, 0.3) is 22.0 Å². The van der Waals surface area contributed by atoms with Gasteiger partial charge in [-0.1, -0.05) is 34.8 Å². The van der Waals surface area contributed by atoms with Crippen molar-refractivity contribution in [2.75, 3.05) is 13.4 Å². The minimum absolute atomic E-state index is 0.0514. The van der Waals surface area contributed by atoms with Crippen molar-refractivity contribution in [2.24, 2.45) is 0 Å². The van der Waals surface area contributed by atoms with Crippen molar-refractivity contribution in [1.82, 2.24) is 4.57 Å². The number of rotatable bonds is 5. The van der Waals surface area contributed by atoms with Crippen molar-refractivity contribution in [3.63, 3.8) is 0 Å². The number of aromatic hydroxyl groups is 1. The molecule has 0 spiro atoms. The van der Waals surface area contributed by atoms with Crippen LogP contribution in [0.2, 0.25) is 15.1 Å². The lowest BCUT2D eigenvalue weighted by Gasteiger charge is -2.14. The van der Waals surface area contributed by atoms with Crippen LogP contribution in [0.15, 0.2) is 48.5 Å². The van der Waals surface area contributed by atoms with E-state index in [4.69, 9.17) is 49.0 Å². The van der Waals surface area contributed by atoms with Gasteiger partial charge in [0.05, 0.1) is 13.2 Å². The number of phenols is 1. The third kappa shape index (κ3) is 4.02. The minimum Gasteiger partial charge on any atom is -0.508 e. The van der Waals surface area contributed by atoms with Crippen LogP contribution >= 0.6 is 34.8 Å². The summed E-state index contributed by atoms with van der Waals surface area (Å²) in [6.07, 6.45) is 0. The molecule has 0 amide bonds. The monoisotopic (exact) mass is 517 g/mol. The molecule has 0 aliphatic carbocycles. The van der Waals surface area contributed by atoms with E-state index in [1.54, 1.807) is 60.0 Å². The van der Waals surface area contributed by atoms with E-state index in [2.05, 4.69) is 0 Å². The zero-order chi connectivity index (χ0) is 24.0. The Morgan fingerprint density at radius 1 is 1.03 bits per heavy atom. The van der Waals surface area contributed by atoms with E-state index < -0.39 is 5.97 Å². The number of fused-ring (bicyclic) bond motifs is 2. The average molecular weight is 519 g/mol. The summed E-state index contributed by atoms with van der Waals surface area (Å²) in [5.74, 6) is 0.667. The van der Waals surface area contributed by atoms with Crippen LogP contribution in [0.4, 0.5) is 0 Å². The lowest BCUT2D eigenvalue weighted by molar-refractivity contribution is 0.0516. The van der Waals surface area contributed by atoms with Crippen LogP contribution in [0.3, 0.4) is 0 Å². The molecule has 1 aliphatic rings. The standard InChI is InChI=1S/C25H18Cl3NO5/c1-2-32-25(31)24-23(13-5-15(26)8-16(27)6-13)18-9-17(30)3-4-20(18)29(24)11-14-7-21-22(10-19(14)28)34-12-33-21/h3-10,30H,2,11-12H2,1H3. The number of halogens is 3. The molecule has 6 nitrogen and oxygen atoms in total. The Morgan fingerprint density at radius 3 is 2.44 bits per heavy atom. The third-order valence-electron chi connectivity index (χ3n) is 5.54. The summed E-state index contributed by atoms with van der Waals surface area (Å²) < 4.78 is 18.1. The minimum atomic E-state index is -0.527. The highest BCUT2D eigenvalue weighted by Crippen LogP contribution is 2.41. The van der Waals surface area contributed by atoms with Crippen LogP contribution in [-0.4, -0.2) is 29.0 Å². The smallest absolute Gasteiger partial charge is 0.355 e. The summed E-state index contributed by atoms with van der Waals surface area (Å²) >= 11 is 19.1. The van der Waals surface area contributed by atoms with Gasteiger partial charge in [0.15, 0.2) is 11.5 Å². The van der Waals surface area contributed by atoms with E-state index in [1.807, 2.05) is 0 Å². The normalized spacial score (nSPS) is 12.4. The van der Waals surface area contributed by atoms with Gasteiger partial charge in [0.1, 0.15) is 11.4 Å². The highest BCUT2D eigenvalue weighted by molar-refractivity contribution is 6.35. The molecule has 0 radical (unpaired) electrons. The topological polar surface area (TPSA) is 69.9 Å². The quantitative estimate of drug-likeness (QED) is 0.290. The second-order valence-electron chi connectivity index (χ2n) is 7.69. The SMILES string of the molecule is CCOC(=O)c1c(-c2cc(Cl)cc(Cl)c2)c2cc(O)ccc2n1Cc1cc2c(cc1Cl)OCO2. The maximum absolute atomic E-state index is 13.3. The maximum atomic E-state index is 13.3. The fourth-order valence-corrected chi connectivity index (χ4v) is 4.90. The third-order valence-corrected chi connectivity index (χ3v) is 6.33. The summed E-state index contributed by atoms with van der Waals surface area (Å²) in [6.45, 7) is 2.28. The van der Waals surface area contributed by atoms with Crippen molar-refractivity contribution < 1.29 is 24.1 Å². The number of carbonyl (C=O) groups excluding carboxylic acids is 1. The molecule has 2 heterocycles. The van der Waals surface area contributed by atoms with Crippen LogP contribution in [-0.2, 0) is 11.3 Å². The number of nitrogens with zero attached hydrogens (tertiary/aromatic N) is 1. The molecule has 0 bridgehead atoms. The van der Waals surface area contributed by atoms with E-state index in [1.165, 1.54) is 0 Å². The zero-order valence-electron chi connectivity index (χ0n) is 17.9. The van der Waals surface area contributed by atoms with Gasteiger partial charge in [-0.15, -0.1) is 0 Å². The van der Waals surface area contributed by atoms with E-state index in [0.717, 1.165) is 5.56 Å². The van der Waals surface area contributed by atoms with Gasteiger partial charge in [-0.05, 0) is 60.5 Å². The molecule has 0 saturated carbocycles. The predicted octanol–water partition coefficient (Wildman–Crippen LogP) is 6.93. The number of phenolic OH excluding ortho intramolecular Hbond substituents is 1. The molecular weight excluding hydrogens is 501 g/mol. The first-order valence-corrected chi connectivity index (χ1v) is 11.6. The Morgan fingerprint density at radius 2 is 1.74 bits per heavy atom. The first-order chi connectivity index (χ1) is 16.4. The summed E-state index contributed by atoms with van der Waals surface area (Å²) in [4.78, 5) is 13.3. The molecule has 0 atom stereocenters. The molecule has 3 aromatic carbocycles. The van der Waals surface area contributed by atoms with Gasteiger partial charge in [0, 0.05) is 37.6 Å². The highest BCUT2D eigenvalue weighted by Gasteiger charge is 2.27. The second-order valence-corrected chi connectivity index (χ2v) is 8.97. The van der Waals surface area contributed by atoms with Gasteiger partial charge in [-0.2, -0.15) is 0 Å². The highest BCUT2D eigenvalue weighted by atomic mass is 35.5. The molecule has 1 aliphatic heterocycles. The summed E-state index contributed by atoms with van der Waals surface area (Å²) in [5, 5.41) is 12.2. The van der Waals surface area contributed by atoms with Crippen molar-refractivity contribution in [2.45, 2.75) is 13.5 Å². The van der Waals surface area contributed by atoms with Crippen molar-refractivity contribution in [3.8, 4) is 28.4 Å². The lowest BCUT2D eigenvalue weighted by atomic mass is 10.0. The van der Waals surface area contributed by atoms with Crippen molar-refractivity contribution in [1.29, 1.82) is 0 Å². The van der Waals surface area contributed by atoms with Gasteiger partial charge < -0.3 is 23.9 Å².